The summed E-state index contributed by atoms with van der Waals surface area (Å²) in [5, 5.41) is 3.45. The van der Waals surface area contributed by atoms with Gasteiger partial charge in [-0.05, 0) is 69.2 Å². The summed E-state index contributed by atoms with van der Waals surface area (Å²) in [6.45, 7) is 12.6. The van der Waals surface area contributed by atoms with Crippen LogP contribution in [0.3, 0.4) is 0 Å². The molecule has 2 atom stereocenters. The Bertz CT molecular complexity index is 1180. The zero-order valence-corrected chi connectivity index (χ0v) is 21.1. The first-order valence-electron chi connectivity index (χ1n) is 12.2. The molecule has 182 valence electrons. The van der Waals surface area contributed by atoms with Crippen LogP contribution in [0.25, 0.3) is 5.69 Å². The molecule has 2 heterocycles. The molecule has 7 heteroatoms. The van der Waals surface area contributed by atoms with E-state index in [9.17, 15) is 14.4 Å². The molecule has 1 aliphatic carbocycles. The van der Waals surface area contributed by atoms with Gasteiger partial charge in [-0.3, -0.25) is 14.4 Å². The molecule has 0 saturated heterocycles. The number of benzene rings is 1. The van der Waals surface area contributed by atoms with E-state index in [1.807, 2.05) is 37.8 Å². The van der Waals surface area contributed by atoms with E-state index in [-0.39, 0.29) is 29.2 Å². The van der Waals surface area contributed by atoms with E-state index in [0.29, 0.717) is 24.2 Å². The molecule has 1 aliphatic heterocycles. The molecule has 2 bridgehead atoms. The van der Waals surface area contributed by atoms with E-state index < -0.39 is 5.91 Å². The zero-order chi connectivity index (χ0) is 24.9. The van der Waals surface area contributed by atoms with Crippen molar-refractivity contribution < 1.29 is 14.4 Å². The number of Topliss-reactive ketones (excluding diaryl/α,β-unsaturated/α-hetero) is 1. The molecule has 0 unspecified atom stereocenters. The van der Waals surface area contributed by atoms with Crippen molar-refractivity contribution >= 4 is 23.3 Å². The van der Waals surface area contributed by atoms with Crippen LogP contribution in [0.2, 0.25) is 0 Å². The predicted molar refractivity (Wildman–Crippen MR) is 134 cm³/mol. The number of carbonyl (C=O) groups is 3. The summed E-state index contributed by atoms with van der Waals surface area (Å²) in [4.78, 5) is 39.8. The fourth-order valence-electron chi connectivity index (χ4n) is 5.70. The van der Waals surface area contributed by atoms with Gasteiger partial charge in [0.1, 0.15) is 0 Å². The summed E-state index contributed by atoms with van der Waals surface area (Å²) in [6.07, 6.45) is 2.87. The number of aromatic nitrogens is 1. The Balaban J connectivity index is 1.96. The minimum atomic E-state index is -0.508. The second kappa shape index (κ2) is 8.60. The third-order valence-corrected chi connectivity index (χ3v) is 7.54. The Morgan fingerprint density at radius 1 is 1.15 bits per heavy atom. The Kier molecular flexibility index (Phi) is 6.08. The molecule has 2 amide bonds. The number of fused-ring (bicyclic) bond motifs is 6. The summed E-state index contributed by atoms with van der Waals surface area (Å²) >= 11 is 0. The quantitative estimate of drug-likeness (QED) is 0.666. The van der Waals surface area contributed by atoms with Crippen molar-refractivity contribution in [3.8, 4) is 5.69 Å². The molecular formula is C27H36N4O3. The maximum Gasteiger partial charge on any atom is 0.250 e. The number of nitrogens with one attached hydrogen (secondary N) is 1. The van der Waals surface area contributed by atoms with E-state index in [1.165, 1.54) is 0 Å². The molecule has 7 nitrogen and oxygen atoms in total. The molecule has 0 spiro atoms. The van der Waals surface area contributed by atoms with Crippen LogP contribution < -0.4 is 11.1 Å². The number of primary amides is 1. The number of nitrogens with zero attached hydrogens (tertiary/aromatic N) is 2. The van der Waals surface area contributed by atoms with Crippen molar-refractivity contribution in [3.63, 3.8) is 0 Å². The zero-order valence-electron chi connectivity index (χ0n) is 21.1. The maximum absolute atomic E-state index is 13.2. The van der Waals surface area contributed by atoms with Crippen molar-refractivity contribution in [2.75, 3.05) is 11.9 Å². The van der Waals surface area contributed by atoms with Gasteiger partial charge < -0.3 is 20.5 Å². The monoisotopic (exact) mass is 464 g/mol. The third-order valence-electron chi connectivity index (χ3n) is 7.54. The summed E-state index contributed by atoms with van der Waals surface area (Å²) < 4.78 is 2.22. The number of rotatable bonds is 1. The van der Waals surface area contributed by atoms with Gasteiger partial charge in [0, 0.05) is 60.3 Å². The van der Waals surface area contributed by atoms with Gasteiger partial charge in [0.2, 0.25) is 5.91 Å². The van der Waals surface area contributed by atoms with Gasteiger partial charge >= 0.3 is 0 Å². The van der Waals surface area contributed by atoms with Crippen molar-refractivity contribution in [2.24, 2.45) is 11.1 Å². The van der Waals surface area contributed by atoms with Crippen LogP contribution in [-0.2, 0) is 17.6 Å². The highest BCUT2D eigenvalue weighted by atomic mass is 16.2. The van der Waals surface area contributed by atoms with Gasteiger partial charge in [0.05, 0.1) is 5.56 Å². The summed E-state index contributed by atoms with van der Waals surface area (Å²) in [7, 11) is 0. The number of hydrogen-bond donors (Lipinski definition) is 2. The largest absolute Gasteiger partial charge is 0.380 e. The molecule has 0 radical (unpaired) electrons. The first-order valence-corrected chi connectivity index (χ1v) is 12.2. The van der Waals surface area contributed by atoms with Crippen molar-refractivity contribution in [1.82, 2.24) is 9.47 Å². The van der Waals surface area contributed by atoms with Gasteiger partial charge in [0.25, 0.3) is 5.91 Å². The van der Waals surface area contributed by atoms with Crippen LogP contribution in [0.4, 0.5) is 5.69 Å². The number of anilines is 1. The maximum atomic E-state index is 13.2. The number of nitrogens with two attached hydrogens (primary N) is 1. The third kappa shape index (κ3) is 4.12. The van der Waals surface area contributed by atoms with Crippen LogP contribution in [0.5, 0.6) is 0 Å². The lowest BCUT2D eigenvalue weighted by Gasteiger charge is -2.34. The molecule has 1 aromatic heterocycles. The fourth-order valence-corrected chi connectivity index (χ4v) is 5.70. The second-order valence-electron chi connectivity index (χ2n) is 10.8. The van der Waals surface area contributed by atoms with Crippen molar-refractivity contribution in [3.05, 3.63) is 46.3 Å². The van der Waals surface area contributed by atoms with Crippen LogP contribution in [0.15, 0.2) is 18.2 Å². The Labute approximate surface area is 201 Å². The van der Waals surface area contributed by atoms with Crippen LogP contribution in [0.1, 0.15) is 85.1 Å². The van der Waals surface area contributed by atoms with Gasteiger partial charge in [-0.25, -0.2) is 0 Å². The molecular weight excluding hydrogens is 428 g/mol. The Morgan fingerprint density at radius 2 is 1.85 bits per heavy atom. The van der Waals surface area contributed by atoms with Gasteiger partial charge in [-0.15, -0.1) is 0 Å². The normalized spacial score (nSPS) is 22.1. The summed E-state index contributed by atoms with van der Waals surface area (Å²) in [6, 6.07) is 5.45. The minimum absolute atomic E-state index is 0.0189. The molecule has 4 rings (SSSR count). The average Bonchev–Trinajstić information content (AvgIpc) is 2.99. The highest BCUT2D eigenvalue weighted by Gasteiger charge is 2.37. The average molecular weight is 465 g/mol. The first kappa shape index (κ1) is 24.0. The first-order chi connectivity index (χ1) is 15.9. The molecule has 0 fully saturated rings. The minimum Gasteiger partial charge on any atom is -0.380 e. The van der Waals surface area contributed by atoms with E-state index in [2.05, 4.69) is 23.7 Å². The van der Waals surface area contributed by atoms with E-state index in [4.69, 9.17) is 5.73 Å². The SMILES string of the molecule is CC(=O)N1CCCc2c(C)c3c(n2-c2ccc(C(N)=O)c(c2)N[C@@H](C)[C@@H]1C)CC(C)(C)CC3=O. The molecule has 0 saturated carbocycles. The summed E-state index contributed by atoms with van der Waals surface area (Å²) in [5.41, 5.74) is 11.5. The molecule has 3 N–H and O–H groups in total. The Morgan fingerprint density at radius 3 is 2.50 bits per heavy atom. The van der Waals surface area contributed by atoms with Crippen LogP contribution in [-0.4, -0.2) is 45.7 Å². The highest BCUT2D eigenvalue weighted by molar-refractivity contribution is 6.01. The topological polar surface area (TPSA) is 97.4 Å². The molecule has 2 aliphatic rings. The van der Waals surface area contributed by atoms with Crippen molar-refractivity contribution in [1.29, 1.82) is 0 Å². The number of ketones is 1. The van der Waals surface area contributed by atoms with Gasteiger partial charge in [0.15, 0.2) is 5.78 Å². The van der Waals surface area contributed by atoms with E-state index in [0.717, 1.165) is 47.5 Å². The number of hydrogen-bond acceptors (Lipinski definition) is 4. The Hall–Kier alpha value is -3.09. The molecule has 2 aromatic rings. The molecule has 1 aromatic carbocycles. The smallest absolute Gasteiger partial charge is 0.250 e. The second-order valence-corrected chi connectivity index (χ2v) is 10.8. The van der Waals surface area contributed by atoms with Crippen LogP contribution >= 0.6 is 0 Å². The number of carbonyl (C=O) groups excluding carboxylic acids is 3. The number of amides is 2. The van der Waals surface area contributed by atoms with Gasteiger partial charge in [-0.1, -0.05) is 13.8 Å². The standard InChI is InChI=1S/C27H36N4O3/c1-15-22-8-7-11-30(18(4)32)17(3)16(2)29-21-12-19(9-10-20(21)26(28)34)31(22)23-13-27(5,6)14-24(33)25(15)23/h9-10,12,16-17,29H,7-8,11,13-14H2,1-6H3,(H2,28,34)/t16-,17-/m0/s1. The lowest BCUT2D eigenvalue weighted by molar-refractivity contribution is -0.131. The lowest BCUT2D eigenvalue weighted by Crippen LogP contribution is -2.46. The van der Waals surface area contributed by atoms with E-state index in [1.54, 1.807) is 13.0 Å². The predicted octanol–water partition coefficient (Wildman–Crippen LogP) is 4.02. The van der Waals surface area contributed by atoms with Crippen LogP contribution in [0, 0.1) is 12.3 Å². The van der Waals surface area contributed by atoms with E-state index >= 15 is 0 Å². The van der Waals surface area contributed by atoms with Gasteiger partial charge in [-0.2, -0.15) is 0 Å². The summed E-state index contributed by atoms with van der Waals surface area (Å²) in [5.74, 6) is -0.301. The van der Waals surface area contributed by atoms with Crippen molar-refractivity contribution in [2.45, 2.75) is 79.3 Å². The lowest BCUT2D eigenvalue weighted by atomic mass is 9.75. The highest BCUT2D eigenvalue weighted by Crippen LogP contribution is 2.40. The molecule has 34 heavy (non-hydrogen) atoms. The fraction of sp³-hybridized carbons (Fsp3) is 0.519.